The molecule has 2 saturated heterocycles. The second-order valence-corrected chi connectivity index (χ2v) is 9.41. The minimum Gasteiger partial charge on any atom is -0.379 e. The molecule has 154 valence electrons. The highest BCUT2D eigenvalue weighted by Gasteiger charge is 2.28. The Hall–Kier alpha value is -1.75. The zero-order valence-corrected chi connectivity index (χ0v) is 16.7. The average molecular weight is 410 g/mol. The summed E-state index contributed by atoms with van der Waals surface area (Å²) in [4.78, 5) is 20.8. The number of amides is 1. The third-order valence-corrected chi connectivity index (χ3v) is 7.22. The van der Waals surface area contributed by atoms with Crippen LogP contribution in [0.25, 0.3) is 0 Å². The number of piperazine rings is 1. The predicted molar refractivity (Wildman–Crippen MR) is 104 cm³/mol. The van der Waals surface area contributed by atoms with Crippen LogP contribution in [-0.2, 0) is 19.6 Å². The van der Waals surface area contributed by atoms with Crippen molar-refractivity contribution in [3.05, 3.63) is 18.3 Å². The van der Waals surface area contributed by atoms with Gasteiger partial charge in [0.15, 0.2) is 0 Å². The first-order chi connectivity index (χ1) is 13.5. The Bertz CT molecular complexity index is 783. The standard InChI is InChI=1S/C18H27N5O4S/c24-18(20-15-1-2-15)14-21-5-7-22(8-6-21)17-4-3-16(13-19-17)28(25,26)23-9-11-27-12-10-23/h3-4,13,15H,1-2,5-12,14H2,(H,20,24). The molecule has 3 aliphatic rings. The van der Waals surface area contributed by atoms with E-state index >= 15 is 0 Å². The number of rotatable bonds is 6. The number of nitrogens with one attached hydrogen (secondary N) is 1. The van der Waals surface area contributed by atoms with Crippen molar-refractivity contribution in [3.8, 4) is 0 Å². The molecule has 1 amide bonds. The quantitative estimate of drug-likeness (QED) is 0.677. The molecule has 3 heterocycles. The van der Waals surface area contributed by atoms with Gasteiger partial charge in [-0.1, -0.05) is 0 Å². The first-order valence-corrected chi connectivity index (χ1v) is 11.3. The van der Waals surface area contributed by atoms with Crippen LogP contribution < -0.4 is 10.2 Å². The number of carbonyl (C=O) groups excluding carboxylic acids is 1. The highest BCUT2D eigenvalue weighted by molar-refractivity contribution is 7.89. The number of hydrogen-bond acceptors (Lipinski definition) is 7. The Morgan fingerprint density at radius 1 is 1.11 bits per heavy atom. The largest absolute Gasteiger partial charge is 0.379 e. The van der Waals surface area contributed by atoms with E-state index in [1.54, 1.807) is 12.1 Å². The van der Waals surface area contributed by atoms with Crippen LogP contribution in [0.3, 0.4) is 0 Å². The number of anilines is 1. The number of ether oxygens (including phenoxy) is 1. The van der Waals surface area contributed by atoms with Crippen molar-refractivity contribution in [1.82, 2.24) is 19.5 Å². The number of carbonyl (C=O) groups is 1. The molecule has 1 saturated carbocycles. The smallest absolute Gasteiger partial charge is 0.244 e. The third kappa shape index (κ3) is 4.62. The van der Waals surface area contributed by atoms with Gasteiger partial charge in [-0.3, -0.25) is 9.69 Å². The summed E-state index contributed by atoms with van der Waals surface area (Å²) in [5, 5.41) is 3.02. The van der Waals surface area contributed by atoms with Crippen LogP contribution in [0.4, 0.5) is 5.82 Å². The van der Waals surface area contributed by atoms with Crippen molar-refractivity contribution < 1.29 is 17.9 Å². The fraction of sp³-hybridized carbons (Fsp3) is 0.667. The molecule has 9 nitrogen and oxygen atoms in total. The average Bonchev–Trinajstić information content (AvgIpc) is 3.53. The van der Waals surface area contributed by atoms with Gasteiger partial charge in [0, 0.05) is 51.5 Å². The molecule has 4 rings (SSSR count). The number of pyridine rings is 1. The summed E-state index contributed by atoms with van der Waals surface area (Å²) in [5.74, 6) is 0.870. The van der Waals surface area contributed by atoms with Crippen LogP contribution in [0, 0.1) is 0 Å². The van der Waals surface area contributed by atoms with E-state index < -0.39 is 10.0 Å². The number of aromatic nitrogens is 1. The summed E-state index contributed by atoms with van der Waals surface area (Å²) in [7, 11) is -3.52. The summed E-state index contributed by atoms with van der Waals surface area (Å²) in [5.41, 5.74) is 0. The van der Waals surface area contributed by atoms with Crippen molar-refractivity contribution in [2.75, 3.05) is 63.9 Å². The number of nitrogens with zero attached hydrogens (tertiary/aromatic N) is 4. The van der Waals surface area contributed by atoms with E-state index in [1.807, 2.05) is 0 Å². The molecule has 3 fully saturated rings. The normalized spacial score (nSPS) is 22.2. The molecule has 1 N–H and O–H groups in total. The van der Waals surface area contributed by atoms with Crippen LogP contribution in [0.1, 0.15) is 12.8 Å². The van der Waals surface area contributed by atoms with E-state index in [1.165, 1.54) is 10.5 Å². The molecule has 10 heteroatoms. The molecule has 1 aromatic rings. The van der Waals surface area contributed by atoms with E-state index in [4.69, 9.17) is 4.74 Å². The zero-order chi connectivity index (χ0) is 19.6. The maximum Gasteiger partial charge on any atom is 0.244 e. The van der Waals surface area contributed by atoms with Gasteiger partial charge in [0.05, 0.1) is 19.8 Å². The van der Waals surface area contributed by atoms with Crippen LogP contribution in [0.15, 0.2) is 23.2 Å². The van der Waals surface area contributed by atoms with Crippen LogP contribution in [-0.4, -0.2) is 93.6 Å². The van der Waals surface area contributed by atoms with E-state index in [2.05, 4.69) is 20.1 Å². The van der Waals surface area contributed by atoms with E-state index in [-0.39, 0.29) is 10.8 Å². The SMILES string of the molecule is O=C(CN1CCN(c2ccc(S(=O)(=O)N3CCOCC3)cn2)CC1)NC1CC1. The molecule has 1 aliphatic carbocycles. The topological polar surface area (TPSA) is 95.1 Å². The first-order valence-electron chi connectivity index (χ1n) is 9.83. The summed E-state index contributed by atoms with van der Waals surface area (Å²) in [6.07, 6.45) is 3.64. The number of sulfonamides is 1. The number of morpholine rings is 1. The molecule has 0 atom stereocenters. The van der Waals surface area contributed by atoms with Gasteiger partial charge in [-0.05, 0) is 25.0 Å². The Morgan fingerprint density at radius 3 is 2.43 bits per heavy atom. The van der Waals surface area contributed by atoms with Crippen molar-refractivity contribution in [2.45, 2.75) is 23.8 Å². The molecule has 0 aromatic carbocycles. The van der Waals surface area contributed by atoms with Gasteiger partial charge in [-0.15, -0.1) is 0 Å². The molecule has 0 unspecified atom stereocenters. The Kier molecular flexibility index (Phi) is 5.81. The lowest BCUT2D eigenvalue weighted by atomic mass is 10.3. The molecular formula is C18H27N5O4S. The Labute approximate surface area is 165 Å². The lowest BCUT2D eigenvalue weighted by Gasteiger charge is -2.35. The second kappa shape index (κ2) is 8.32. The molecule has 0 bridgehead atoms. The van der Waals surface area contributed by atoms with Gasteiger partial charge in [0.1, 0.15) is 10.7 Å². The van der Waals surface area contributed by atoms with Gasteiger partial charge >= 0.3 is 0 Å². The van der Waals surface area contributed by atoms with Gasteiger partial charge in [0.25, 0.3) is 0 Å². The van der Waals surface area contributed by atoms with Crippen molar-refractivity contribution in [2.24, 2.45) is 0 Å². The van der Waals surface area contributed by atoms with Gasteiger partial charge in [0.2, 0.25) is 15.9 Å². The minimum atomic E-state index is -3.52. The minimum absolute atomic E-state index is 0.103. The van der Waals surface area contributed by atoms with E-state index in [9.17, 15) is 13.2 Å². The van der Waals surface area contributed by atoms with E-state index in [0.717, 1.165) is 44.8 Å². The Balaban J connectivity index is 1.31. The molecule has 28 heavy (non-hydrogen) atoms. The van der Waals surface area contributed by atoms with Crippen LogP contribution in [0.2, 0.25) is 0 Å². The summed E-state index contributed by atoms with van der Waals surface area (Å²) >= 11 is 0. The first kappa shape index (κ1) is 19.6. The highest BCUT2D eigenvalue weighted by Crippen LogP contribution is 2.20. The Morgan fingerprint density at radius 2 is 1.82 bits per heavy atom. The monoisotopic (exact) mass is 409 g/mol. The zero-order valence-electron chi connectivity index (χ0n) is 15.9. The predicted octanol–water partition coefficient (Wildman–Crippen LogP) is -0.497. The van der Waals surface area contributed by atoms with E-state index in [0.29, 0.717) is 38.9 Å². The fourth-order valence-corrected chi connectivity index (χ4v) is 4.84. The fourth-order valence-electron chi connectivity index (χ4n) is 3.49. The molecule has 2 aliphatic heterocycles. The maximum absolute atomic E-state index is 12.7. The summed E-state index contributed by atoms with van der Waals surface area (Å²) in [6.45, 7) is 5.14. The lowest BCUT2D eigenvalue weighted by molar-refractivity contribution is -0.122. The highest BCUT2D eigenvalue weighted by atomic mass is 32.2. The summed E-state index contributed by atoms with van der Waals surface area (Å²) in [6, 6.07) is 3.79. The van der Waals surface area contributed by atoms with Crippen molar-refractivity contribution >= 4 is 21.7 Å². The molecular weight excluding hydrogens is 382 g/mol. The maximum atomic E-state index is 12.7. The second-order valence-electron chi connectivity index (χ2n) is 7.47. The van der Waals surface area contributed by atoms with Crippen LogP contribution >= 0.6 is 0 Å². The summed E-state index contributed by atoms with van der Waals surface area (Å²) < 4.78 is 32.0. The van der Waals surface area contributed by atoms with Crippen LogP contribution in [0.5, 0.6) is 0 Å². The molecule has 1 aromatic heterocycles. The number of hydrogen-bond donors (Lipinski definition) is 1. The van der Waals surface area contributed by atoms with Crippen molar-refractivity contribution in [3.63, 3.8) is 0 Å². The lowest BCUT2D eigenvalue weighted by Crippen LogP contribution is -2.50. The van der Waals surface area contributed by atoms with Gasteiger partial charge in [-0.2, -0.15) is 4.31 Å². The molecule has 0 radical (unpaired) electrons. The molecule has 0 spiro atoms. The van der Waals surface area contributed by atoms with Gasteiger partial charge in [-0.25, -0.2) is 13.4 Å². The third-order valence-electron chi connectivity index (χ3n) is 5.33. The van der Waals surface area contributed by atoms with Gasteiger partial charge < -0.3 is 15.0 Å². The van der Waals surface area contributed by atoms with Crippen molar-refractivity contribution in [1.29, 1.82) is 0 Å².